The summed E-state index contributed by atoms with van der Waals surface area (Å²) in [7, 11) is 0. The molecule has 0 bridgehead atoms. The van der Waals surface area contributed by atoms with Crippen molar-refractivity contribution in [2.45, 2.75) is 13.3 Å². The molecule has 2 aromatic rings. The summed E-state index contributed by atoms with van der Waals surface area (Å²) in [6, 6.07) is 12.1. The Labute approximate surface area is 118 Å². The topological polar surface area (TPSA) is 66.0 Å². The summed E-state index contributed by atoms with van der Waals surface area (Å²) >= 11 is 0. The van der Waals surface area contributed by atoms with E-state index in [0.29, 0.717) is 11.5 Å². The summed E-state index contributed by atoms with van der Waals surface area (Å²) in [4.78, 5) is 6.64. The summed E-state index contributed by atoms with van der Waals surface area (Å²) in [5, 5.41) is 7.74. The molecule has 1 aromatic carbocycles. The fraction of sp³-hybridized carbons (Fsp3) is 0.250. The van der Waals surface area contributed by atoms with E-state index in [1.54, 1.807) is 6.20 Å². The molecule has 0 fully saturated rings. The van der Waals surface area contributed by atoms with Gasteiger partial charge in [0.2, 0.25) is 0 Å². The number of para-hydroxylation sites is 1. The van der Waals surface area contributed by atoms with Gasteiger partial charge in [0, 0.05) is 18.4 Å². The number of nitrogens with two attached hydrogens (primary N) is 1. The molecule has 4 heteroatoms. The van der Waals surface area contributed by atoms with Crippen molar-refractivity contribution in [1.29, 1.82) is 5.41 Å². The molecule has 4 nitrogen and oxygen atoms in total. The average molecular weight is 266 g/mol. The first-order valence-electron chi connectivity index (χ1n) is 6.81. The normalized spacial score (nSPS) is 17.6. The monoisotopic (exact) mass is 266 g/mol. The van der Waals surface area contributed by atoms with Crippen LogP contribution in [0.15, 0.2) is 42.6 Å². The van der Waals surface area contributed by atoms with Gasteiger partial charge in [0.05, 0.1) is 5.56 Å². The van der Waals surface area contributed by atoms with Crippen molar-refractivity contribution < 1.29 is 0 Å². The number of benzene rings is 1. The highest BCUT2D eigenvalue weighted by Gasteiger charge is 2.25. The second-order valence-corrected chi connectivity index (χ2v) is 5.34. The van der Waals surface area contributed by atoms with E-state index in [1.165, 1.54) is 11.3 Å². The van der Waals surface area contributed by atoms with Crippen molar-refractivity contribution in [3.63, 3.8) is 0 Å². The van der Waals surface area contributed by atoms with Gasteiger partial charge >= 0.3 is 0 Å². The Balaban J connectivity index is 2.13. The number of pyridine rings is 1. The molecule has 2 heterocycles. The predicted octanol–water partition coefficient (Wildman–Crippen LogP) is 2.70. The van der Waals surface area contributed by atoms with E-state index >= 15 is 0 Å². The number of nitrogens with one attached hydrogen (secondary N) is 1. The van der Waals surface area contributed by atoms with Crippen LogP contribution in [0.25, 0.3) is 0 Å². The third-order valence-corrected chi connectivity index (χ3v) is 3.68. The van der Waals surface area contributed by atoms with Crippen molar-refractivity contribution in [2.24, 2.45) is 11.7 Å². The average Bonchev–Trinajstić information content (AvgIpc) is 2.46. The molecule has 0 aliphatic carbocycles. The SMILES string of the molecule is CC1Cc2ccccc2N(c2ncccc2C(=N)N)C1. The van der Waals surface area contributed by atoms with Gasteiger partial charge < -0.3 is 10.6 Å². The molecule has 3 rings (SSSR count). The number of hydrogen-bond acceptors (Lipinski definition) is 3. The number of nitrogens with zero attached hydrogens (tertiary/aromatic N) is 2. The molecule has 0 saturated carbocycles. The van der Waals surface area contributed by atoms with Gasteiger partial charge in [0.25, 0.3) is 0 Å². The summed E-state index contributed by atoms with van der Waals surface area (Å²) in [5.74, 6) is 1.38. The fourth-order valence-electron chi connectivity index (χ4n) is 2.82. The third kappa shape index (κ3) is 2.13. The molecular formula is C16H18N4. The van der Waals surface area contributed by atoms with Crippen molar-refractivity contribution in [1.82, 2.24) is 4.98 Å². The highest BCUT2D eigenvalue weighted by molar-refractivity contribution is 6.00. The van der Waals surface area contributed by atoms with Crippen LogP contribution in [0.2, 0.25) is 0 Å². The maximum absolute atomic E-state index is 7.74. The van der Waals surface area contributed by atoms with Gasteiger partial charge in [0.1, 0.15) is 11.7 Å². The molecular weight excluding hydrogens is 248 g/mol. The summed E-state index contributed by atoms with van der Waals surface area (Å²) in [6.45, 7) is 3.13. The lowest BCUT2D eigenvalue weighted by Gasteiger charge is -2.34. The molecule has 20 heavy (non-hydrogen) atoms. The number of amidine groups is 1. The summed E-state index contributed by atoms with van der Waals surface area (Å²) < 4.78 is 0. The molecule has 1 atom stereocenters. The molecule has 1 aliphatic heterocycles. The van der Waals surface area contributed by atoms with Crippen LogP contribution in [0.3, 0.4) is 0 Å². The molecule has 0 radical (unpaired) electrons. The van der Waals surface area contributed by atoms with Crippen LogP contribution in [-0.2, 0) is 6.42 Å². The minimum atomic E-state index is 0.0591. The third-order valence-electron chi connectivity index (χ3n) is 3.68. The van der Waals surface area contributed by atoms with Crippen molar-refractivity contribution in [3.05, 3.63) is 53.7 Å². The van der Waals surface area contributed by atoms with E-state index in [1.807, 2.05) is 18.2 Å². The van der Waals surface area contributed by atoms with Crippen LogP contribution in [0.5, 0.6) is 0 Å². The first kappa shape index (κ1) is 12.7. The zero-order valence-corrected chi connectivity index (χ0v) is 11.5. The number of aromatic nitrogens is 1. The number of anilines is 2. The van der Waals surface area contributed by atoms with E-state index in [4.69, 9.17) is 11.1 Å². The van der Waals surface area contributed by atoms with E-state index < -0.39 is 0 Å². The second-order valence-electron chi connectivity index (χ2n) is 5.34. The Hall–Kier alpha value is -2.36. The smallest absolute Gasteiger partial charge is 0.143 e. The quantitative estimate of drug-likeness (QED) is 0.648. The van der Waals surface area contributed by atoms with Gasteiger partial charge in [-0.05, 0) is 36.1 Å². The second kappa shape index (κ2) is 4.96. The summed E-state index contributed by atoms with van der Waals surface area (Å²) in [6.07, 6.45) is 2.83. The Kier molecular flexibility index (Phi) is 3.14. The van der Waals surface area contributed by atoms with E-state index in [0.717, 1.165) is 18.8 Å². The zero-order chi connectivity index (χ0) is 14.1. The number of hydrogen-bond donors (Lipinski definition) is 2. The lowest BCUT2D eigenvalue weighted by Crippen LogP contribution is -2.32. The van der Waals surface area contributed by atoms with Crippen molar-refractivity contribution in [2.75, 3.05) is 11.4 Å². The Morgan fingerprint density at radius 2 is 2.10 bits per heavy atom. The fourth-order valence-corrected chi connectivity index (χ4v) is 2.82. The lowest BCUT2D eigenvalue weighted by molar-refractivity contribution is 0.560. The van der Waals surface area contributed by atoms with Gasteiger partial charge in [-0.3, -0.25) is 5.41 Å². The van der Waals surface area contributed by atoms with Crippen LogP contribution in [0.4, 0.5) is 11.5 Å². The van der Waals surface area contributed by atoms with Gasteiger partial charge in [0.15, 0.2) is 0 Å². The maximum atomic E-state index is 7.74. The zero-order valence-electron chi connectivity index (χ0n) is 11.5. The standard InChI is InChI=1S/C16H18N4/c1-11-9-12-5-2-3-7-14(12)20(10-11)16-13(15(17)18)6-4-8-19-16/h2-8,11H,9-10H2,1H3,(H3,17,18). The van der Waals surface area contributed by atoms with Gasteiger partial charge in [-0.25, -0.2) is 4.98 Å². The molecule has 0 spiro atoms. The Morgan fingerprint density at radius 3 is 2.90 bits per heavy atom. The van der Waals surface area contributed by atoms with Gasteiger partial charge in [-0.15, -0.1) is 0 Å². The number of rotatable bonds is 2. The highest BCUT2D eigenvalue weighted by Crippen LogP contribution is 2.35. The van der Waals surface area contributed by atoms with Crippen molar-refractivity contribution in [3.8, 4) is 0 Å². The van der Waals surface area contributed by atoms with Gasteiger partial charge in [-0.1, -0.05) is 25.1 Å². The minimum Gasteiger partial charge on any atom is -0.384 e. The number of fused-ring (bicyclic) bond motifs is 1. The first-order chi connectivity index (χ1) is 9.66. The largest absolute Gasteiger partial charge is 0.384 e. The first-order valence-corrected chi connectivity index (χ1v) is 6.81. The molecule has 1 unspecified atom stereocenters. The van der Waals surface area contributed by atoms with Gasteiger partial charge in [-0.2, -0.15) is 0 Å². The molecule has 102 valence electrons. The molecule has 1 aliphatic rings. The van der Waals surface area contributed by atoms with E-state index in [-0.39, 0.29) is 5.84 Å². The predicted molar refractivity (Wildman–Crippen MR) is 81.6 cm³/mol. The van der Waals surface area contributed by atoms with Crippen LogP contribution >= 0.6 is 0 Å². The van der Waals surface area contributed by atoms with Crippen LogP contribution in [0, 0.1) is 11.3 Å². The van der Waals surface area contributed by atoms with Crippen LogP contribution in [0.1, 0.15) is 18.1 Å². The Bertz CT molecular complexity index is 650. The van der Waals surface area contributed by atoms with Crippen molar-refractivity contribution >= 4 is 17.3 Å². The number of nitrogen functional groups attached to an aromatic ring is 1. The Morgan fingerprint density at radius 1 is 1.30 bits per heavy atom. The minimum absolute atomic E-state index is 0.0591. The maximum Gasteiger partial charge on any atom is 0.143 e. The lowest BCUT2D eigenvalue weighted by atomic mass is 9.93. The van der Waals surface area contributed by atoms with E-state index in [9.17, 15) is 0 Å². The molecule has 0 amide bonds. The highest BCUT2D eigenvalue weighted by atomic mass is 15.2. The van der Waals surface area contributed by atoms with Crippen LogP contribution < -0.4 is 10.6 Å². The molecule has 0 saturated heterocycles. The van der Waals surface area contributed by atoms with E-state index in [2.05, 4.69) is 35.0 Å². The molecule has 3 N–H and O–H groups in total. The summed E-state index contributed by atoms with van der Waals surface area (Å²) in [5.41, 5.74) is 8.88. The van der Waals surface area contributed by atoms with Crippen LogP contribution in [-0.4, -0.2) is 17.4 Å². The molecule has 1 aromatic heterocycles.